The number of thiophene rings is 1. The highest BCUT2D eigenvalue weighted by Crippen LogP contribution is 2.28. The zero-order valence-electron chi connectivity index (χ0n) is 20.7. The quantitative estimate of drug-likeness (QED) is 0.311. The molecule has 198 valence electrons. The third-order valence-electron chi connectivity index (χ3n) is 6.13. The van der Waals surface area contributed by atoms with Gasteiger partial charge in [-0.05, 0) is 47.3 Å². The summed E-state index contributed by atoms with van der Waals surface area (Å²) in [5, 5.41) is 19.6. The zero-order valence-corrected chi connectivity index (χ0v) is 21.5. The number of carbonyl (C=O) groups is 4. The lowest BCUT2D eigenvalue weighted by Crippen LogP contribution is -2.36. The third-order valence-corrected chi connectivity index (χ3v) is 7.00. The van der Waals surface area contributed by atoms with Crippen molar-refractivity contribution in [2.75, 3.05) is 23.9 Å². The van der Waals surface area contributed by atoms with Crippen molar-refractivity contribution >= 4 is 46.5 Å². The summed E-state index contributed by atoms with van der Waals surface area (Å²) in [6.07, 6.45) is -0.308. The third kappa shape index (κ3) is 6.88. The van der Waals surface area contributed by atoms with E-state index in [0.29, 0.717) is 29.2 Å². The van der Waals surface area contributed by atoms with Gasteiger partial charge >= 0.3 is 12.0 Å². The maximum Gasteiger partial charge on any atom is 0.319 e. The summed E-state index contributed by atoms with van der Waals surface area (Å²) >= 11 is 1.55. The Bertz CT molecular complexity index is 1300. The molecule has 11 heteroatoms. The van der Waals surface area contributed by atoms with Crippen molar-refractivity contribution in [2.45, 2.75) is 25.4 Å². The van der Waals surface area contributed by atoms with Gasteiger partial charge in [-0.15, -0.1) is 11.3 Å². The molecule has 0 bridgehead atoms. The molecule has 2 atom stereocenters. The first-order valence-electron chi connectivity index (χ1n) is 12.0. The fraction of sp³-hybridized carbons (Fsp3) is 0.259. The van der Waals surface area contributed by atoms with Crippen LogP contribution >= 0.6 is 11.3 Å². The van der Waals surface area contributed by atoms with Crippen LogP contribution < -0.4 is 25.6 Å². The van der Waals surface area contributed by atoms with E-state index in [1.54, 1.807) is 59.9 Å². The molecule has 1 aliphatic heterocycles. The first kappa shape index (κ1) is 26.7. The van der Waals surface area contributed by atoms with Gasteiger partial charge in [0.05, 0.1) is 32.0 Å². The highest BCUT2D eigenvalue weighted by Gasteiger charge is 2.36. The summed E-state index contributed by atoms with van der Waals surface area (Å²) in [7, 11) is 1.53. The van der Waals surface area contributed by atoms with Crippen LogP contribution in [0, 0.1) is 5.92 Å². The lowest BCUT2D eigenvalue weighted by molar-refractivity contribution is -0.138. The SMILES string of the molecule is COc1ccc(C(CC(=O)O)NC(=O)C2CC(=O)N(c3cccc(NC(=O)NCc4cccs4)c3)C2)cc1. The van der Waals surface area contributed by atoms with Crippen LogP contribution in [-0.2, 0) is 20.9 Å². The molecule has 4 amide bonds. The molecule has 2 unspecified atom stereocenters. The normalized spacial score (nSPS) is 15.6. The number of carboxylic acid groups (broad SMARTS) is 1. The topological polar surface area (TPSA) is 137 Å². The number of hydrogen-bond acceptors (Lipinski definition) is 6. The average Bonchev–Trinajstić information content (AvgIpc) is 3.57. The summed E-state index contributed by atoms with van der Waals surface area (Å²) in [5.74, 6) is -1.72. The number of nitrogens with one attached hydrogen (secondary N) is 3. The second-order valence-corrected chi connectivity index (χ2v) is 9.81. The van der Waals surface area contributed by atoms with E-state index in [1.807, 2.05) is 17.5 Å². The van der Waals surface area contributed by atoms with Gasteiger partial charge in [0.1, 0.15) is 5.75 Å². The summed E-state index contributed by atoms with van der Waals surface area (Å²) in [6.45, 7) is 0.547. The predicted octanol–water partition coefficient (Wildman–Crippen LogP) is 3.76. The molecule has 0 spiro atoms. The maximum atomic E-state index is 13.1. The van der Waals surface area contributed by atoms with Crippen molar-refractivity contribution in [1.82, 2.24) is 10.6 Å². The van der Waals surface area contributed by atoms with E-state index in [2.05, 4.69) is 16.0 Å². The van der Waals surface area contributed by atoms with Crippen molar-refractivity contribution in [3.05, 3.63) is 76.5 Å². The van der Waals surface area contributed by atoms with Crippen molar-refractivity contribution in [3.63, 3.8) is 0 Å². The molecule has 0 aliphatic carbocycles. The Balaban J connectivity index is 1.38. The van der Waals surface area contributed by atoms with Crippen LogP contribution in [0.2, 0.25) is 0 Å². The number of hydrogen-bond donors (Lipinski definition) is 4. The number of amides is 4. The number of methoxy groups -OCH3 is 1. The number of ether oxygens (including phenoxy) is 1. The van der Waals surface area contributed by atoms with Crippen LogP contribution in [0.25, 0.3) is 0 Å². The molecule has 3 aromatic rings. The van der Waals surface area contributed by atoms with E-state index in [1.165, 1.54) is 12.0 Å². The number of rotatable bonds is 10. The molecule has 0 saturated carbocycles. The standard InChI is InChI=1S/C27H28N4O6S/c1-37-21-9-7-17(8-10-21)23(14-25(33)34)30-26(35)18-12-24(32)31(16-18)20-5-2-4-19(13-20)29-27(36)28-15-22-6-3-11-38-22/h2-11,13,18,23H,12,14-16H2,1H3,(H,30,35)(H,33,34)(H2,28,29,36). The van der Waals surface area contributed by atoms with Crippen molar-refractivity contribution in [2.24, 2.45) is 5.92 Å². The Kier molecular flexibility index (Phi) is 8.59. The van der Waals surface area contributed by atoms with Gasteiger partial charge in [-0.2, -0.15) is 0 Å². The lowest BCUT2D eigenvalue weighted by atomic mass is 10.0. The Morgan fingerprint density at radius 1 is 1.13 bits per heavy atom. The molecule has 1 aromatic heterocycles. The maximum absolute atomic E-state index is 13.1. The predicted molar refractivity (Wildman–Crippen MR) is 143 cm³/mol. The van der Waals surface area contributed by atoms with Gasteiger partial charge in [-0.1, -0.05) is 24.3 Å². The van der Waals surface area contributed by atoms with Crippen molar-refractivity contribution < 1.29 is 29.0 Å². The summed E-state index contributed by atoms with van der Waals surface area (Å²) in [6, 6.07) is 16.3. The minimum atomic E-state index is -1.06. The molecule has 4 N–H and O–H groups in total. The van der Waals surface area contributed by atoms with Gasteiger partial charge in [0.2, 0.25) is 11.8 Å². The second-order valence-electron chi connectivity index (χ2n) is 8.77. The number of urea groups is 1. The summed E-state index contributed by atoms with van der Waals surface area (Å²) in [4.78, 5) is 52.1. The highest BCUT2D eigenvalue weighted by molar-refractivity contribution is 7.09. The molecule has 2 heterocycles. The van der Waals surface area contributed by atoms with E-state index in [-0.39, 0.29) is 31.3 Å². The largest absolute Gasteiger partial charge is 0.497 e. The molecule has 10 nitrogen and oxygen atoms in total. The zero-order chi connectivity index (χ0) is 27.1. The monoisotopic (exact) mass is 536 g/mol. The van der Waals surface area contributed by atoms with E-state index in [9.17, 15) is 24.3 Å². The Labute approximate surface area is 223 Å². The summed E-state index contributed by atoms with van der Waals surface area (Å²) < 4.78 is 5.14. The number of carbonyl (C=O) groups excluding carboxylic acids is 3. The molecule has 38 heavy (non-hydrogen) atoms. The minimum Gasteiger partial charge on any atom is -0.497 e. The van der Waals surface area contributed by atoms with Gasteiger partial charge in [0.25, 0.3) is 0 Å². The first-order chi connectivity index (χ1) is 18.3. The number of anilines is 2. The van der Waals surface area contributed by atoms with Crippen molar-refractivity contribution in [3.8, 4) is 5.75 Å². The Hall–Kier alpha value is -4.38. The van der Waals surface area contributed by atoms with Crippen LogP contribution in [0.1, 0.15) is 29.3 Å². The van der Waals surface area contributed by atoms with E-state index in [0.717, 1.165) is 4.88 Å². The summed E-state index contributed by atoms with van der Waals surface area (Å²) in [5.41, 5.74) is 1.69. The Morgan fingerprint density at radius 3 is 2.61 bits per heavy atom. The number of nitrogens with zero attached hydrogens (tertiary/aromatic N) is 1. The Morgan fingerprint density at radius 2 is 1.92 bits per heavy atom. The molecular formula is C27H28N4O6S. The minimum absolute atomic E-state index is 0.00675. The first-order valence-corrected chi connectivity index (χ1v) is 12.8. The van der Waals surface area contributed by atoms with Gasteiger partial charge in [0.15, 0.2) is 0 Å². The van der Waals surface area contributed by atoms with Crippen LogP contribution in [0.15, 0.2) is 66.0 Å². The molecule has 1 aliphatic rings. The van der Waals surface area contributed by atoms with Crippen LogP contribution in [0.3, 0.4) is 0 Å². The van der Waals surface area contributed by atoms with Crippen LogP contribution in [-0.4, -0.2) is 42.6 Å². The van der Waals surface area contributed by atoms with E-state index >= 15 is 0 Å². The van der Waals surface area contributed by atoms with E-state index < -0.39 is 23.8 Å². The van der Waals surface area contributed by atoms with Gasteiger partial charge in [0, 0.05) is 29.2 Å². The lowest BCUT2D eigenvalue weighted by Gasteiger charge is -2.21. The fourth-order valence-electron chi connectivity index (χ4n) is 4.19. The van der Waals surface area contributed by atoms with Gasteiger partial charge < -0.3 is 30.7 Å². The van der Waals surface area contributed by atoms with Crippen LogP contribution in [0.5, 0.6) is 5.75 Å². The number of aliphatic carboxylic acids is 1. The fourth-order valence-corrected chi connectivity index (χ4v) is 4.84. The molecule has 4 rings (SSSR count). The van der Waals surface area contributed by atoms with E-state index in [4.69, 9.17) is 4.74 Å². The number of benzene rings is 2. The molecule has 1 saturated heterocycles. The molecule has 1 fully saturated rings. The highest BCUT2D eigenvalue weighted by atomic mass is 32.1. The van der Waals surface area contributed by atoms with Crippen molar-refractivity contribution in [1.29, 1.82) is 0 Å². The smallest absolute Gasteiger partial charge is 0.319 e. The number of carboxylic acids is 1. The molecule has 2 aromatic carbocycles. The molecule has 0 radical (unpaired) electrons. The molecular weight excluding hydrogens is 508 g/mol. The van der Waals surface area contributed by atoms with Gasteiger partial charge in [-0.25, -0.2) is 4.79 Å². The average molecular weight is 537 g/mol. The van der Waals surface area contributed by atoms with Crippen LogP contribution in [0.4, 0.5) is 16.2 Å². The second kappa shape index (κ2) is 12.2. The van der Waals surface area contributed by atoms with Gasteiger partial charge in [-0.3, -0.25) is 14.4 Å².